The molecule has 1 aliphatic carbocycles. The van der Waals surface area contributed by atoms with E-state index in [1.54, 1.807) is 20.8 Å². The first-order chi connectivity index (χ1) is 22.6. The molecule has 4 aliphatic rings. The van der Waals surface area contributed by atoms with Crippen molar-refractivity contribution in [3.8, 4) is 17.2 Å². The van der Waals surface area contributed by atoms with E-state index in [4.69, 9.17) is 18.9 Å². The fraction of sp³-hybridized carbons (Fsp3) is 0.444. The number of fused-ring (bicyclic) bond motifs is 3. The number of esters is 1. The number of aldehydes is 1. The van der Waals surface area contributed by atoms with Gasteiger partial charge in [-0.2, -0.15) is 0 Å². The van der Waals surface area contributed by atoms with Crippen LogP contribution in [0, 0.1) is 0 Å². The van der Waals surface area contributed by atoms with E-state index in [9.17, 15) is 29.7 Å². The van der Waals surface area contributed by atoms with Gasteiger partial charge in [-0.3, -0.25) is 14.6 Å². The topological polar surface area (TPSA) is 161 Å². The molecule has 1 fully saturated rings. The number of allylic oxidation sites excluding steroid dienone is 3. The van der Waals surface area contributed by atoms with Gasteiger partial charge in [-0.15, -0.1) is 0 Å². The minimum Gasteiger partial charge on any atom is -0.492 e. The molecule has 0 radical (unpaired) electrons. The summed E-state index contributed by atoms with van der Waals surface area (Å²) in [7, 11) is 0. The van der Waals surface area contributed by atoms with Crippen LogP contribution in [0.1, 0.15) is 74.6 Å². The Morgan fingerprint density at radius 3 is 2.68 bits per heavy atom. The van der Waals surface area contributed by atoms with Crippen molar-refractivity contribution in [2.45, 2.75) is 77.1 Å². The van der Waals surface area contributed by atoms with Crippen LogP contribution in [0.15, 0.2) is 40.1 Å². The van der Waals surface area contributed by atoms with Gasteiger partial charge in [-0.25, -0.2) is 4.79 Å². The van der Waals surface area contributed by atoms with Crippen LogP contribution < -0.4 is 24.8 Å². The zero-order valence-electron chi connectivity index (χ0n) is 26.8. The molecule has 11 nitrogen and oxygen atoms in total. The summed E-state index contributed by atoms with van der Waals surface area (Å²) in [4.78, 5) is 44.2. The Labute approximate surface area is 271 Å². The molecule has 11 heteroatoms. The zero-order valence-corrected chi connectivity index (χ0v) is 26.8. The summed E-state index contributed by atoms with van der Waals surface area (Å²) in [5.74, 6) is -1.02. The Balaban J connectivity index is 1.61. The fourth-order valence-corrected chi connectivity index (χ4v) is 6.78. The maximum Gasteiger partial charge on any atom is 0.375 e. The quantitative estimate of drug-likeness (QED) is 0.198. The maximum absolute atomic E-state index is 13.4. The van der Waals surface area contributed by atoms with Gasteiger partial charge in [0.15, 0.2) is 6.29 Å². The Morgan fingerprint density at radius 2 is 1.98 bits per heavy atom. The number of ether oxygens (including phenoxy) is 4. The van der Waals surface area contributed by atoms with Crippen molar-refractivity contribution < 1.29 is 48.7 Å². The number of carbonyl (C=O) groups excluding carboxylic acids is 3. The average Bonchev–Trinajstić information content (AvgIpc) is 3.72. The van der Waals surface area contributed by atoms with Gasteiger partial charge in [0, 0.05) is 42.9 Å². The van der Waals surface area contributed by atoms with Crippen LogP contribution in [0.2, 0.25) is 0 Å². The molecule has 2 atom stereocenters. The number of carbonyl (C=O) groups is 3. The molecule has 0 saturated heterocycles. The van der Waals surface area contributed by atoms with Crippen LogP contribution in [0.4, 0.5) is 0 Å². The molecule has 0 aromatic heterocycles. The minimum atomic E-state index is -1.27. The van der Waals surface area contributed by atoms with E-state index in [1.807, 2.05) is 24.3 Å². The molecule has 0 bridgehead atoms. The molecule has 6 rings (SSSR count). The lowest BCUT2D eigenvalue weighted by atomic mass is 9.75. The Morgan fingerprint density at radius 1 is 1.17 bits per heavy atom. The van der Waals surface area contributed by atoms with Crippen LogP contribution in [0.25, 0.3) is 11.6 Å². The molecule has 2 aromatic carbocycles. The molecule has 3 heterocycles. The number of ketones is 1. The average molecular weight is 646 g/mol. The fourth-order valence-electron chi connectivity index (χ4n) is 6.78. The number of Topliss-reactive ketones (excluding diaryl/α,β-unsaturated/α-hetero) is 1. The van der Waals surface area contributed by atoms with E-state index < -0.39 is 30.2 Å². The summed E-state index contributed by atoms with van der Waals surface area (Å²) in [6.45, 7) is 4.91. The SMILES string of the molecule is CCOC(=O)C1=C(C=O)/C(=C2\CCC(=O)[C@H](c3ccc4c(c3)=CCN=4)C2)c2c(OCCCO)c3c(c(CO)c2O1)O[C@H](C(C)(C)O)C3. The van der Waals surface area contributed by atoms with Gasteiger partial charge in [0.1, 0.15) is 29.1 Å². The van der Waals surface area contributed by atoms with Crippen LogP contribution in [-0.2, 0) is 32.1 Å². The first kappa shape index (κ1) is 32.6. The summed E-state index contributed by atoms with van der Waals surface area (Å²) < 4.78 is 24.0. The first-order valence-electron chi connectivity index (χ1n) is 16.0. The number of hydrogen-bond donors (Lipinski definition) is 3. The van der Waals surface area contributed by atoms with E-state index in [2.05, 4.69) is 4.99 Å². The lowest BCUT2D eigenvalue weighted by molar-refractivity contribution is -0.141. The van der Waals surface area contributed by atoms with Crippen molar-refractivity contribution in [2.75, 3.05) is 26.4 Å². The number of benzene rings is 2. The second kappa shape index (κ2) is 13.1. The summed E-state index contributed by atoms with van der Waals surface area (Å²) >= 11 is 0. The second-order valence-corrected chi connectivity index (χ2v) is 12.6. The van der Waals surface area contributed by atoms with Crippen molar-refractivity contribution in [2.24, 2.45) is 4.99 Å². The van der Waals surface area contributed by atoms with Crippen LogP contribution >= 0.6 is 0 Å². The lowest BCUT2D eigenvalue weighted by Crippen LogP contribution is -2.39. The number of aliphatic hydroxyl groups excluding tert-OH is 2. The zero-order chi connectivity index (χ0) is 33.5. The van der Waals surface area contributed by atoms with Crippen molar-refractivity contribution in [1.82, 2.24) is 0 Å². The molecule has 3 aliphatic heterocycles. The van der Waals surface area contributed by atoms with Gasteiger partial charge in [0.25, 0.3) is 0 Å². The summed E-state index contributed by atoms with van der Waals surface area (Å²) in [5.41, 5.74) is 1.78. The summed E-state index contributed by atoms with van der Waals surface area (Å²) in [6.07, 6.45) is 3.16. The molecule has 248 valence electrons. The van der Waals surface area contributed by atoms with Gasteiger partial charge in [-0.05, 0) is 56.5 Å². The highest BCUT2D eigenvalue weighted by Crippen LogP contribution is 2.56. The molecule has 1 saturated carbocycles. The Bertz CT molecular complexity index is 1830. The summed E-state index contributed by atoms with van der Waals surface area (Å²) in [6, 6.07) is 5.80. The standard InChI is InChI=1S/C36H39NO10/c1-4-44-35(42)34-24(17-39)29(21-7-9-27(41)22(15-21)19-6-8-26-20(14-19)10-11-37-26)30-32(45-13-5-12-38)23-16-28(36(2,3)43)46-31(23)25(18-40)33(30)47-34/h6,8,10,14,17,22,28,38,40,43H,4-5,7,9,11-13,15-16,18H2,1-3H3/b29-21-/t22-,28-/m0/s1. The van der Waals surface area contributed by atoms with E-state index in [1.165, 1.54) is 0 Å². The smallest absolute Gasteiger partial charge is 0.375 e. The normalized spacial score (nSPS) is 21.5. The van der Waals surface area contributed by atoms with E-state index in [0.717, 1.165) is 21.7 Å². The summed E-state index contributed by atoms with van der Waals surface area (Å²) in [5, 5.41) is 33.0. The van der Waals surface area contributed by atoms with E-state index in [-0.39, 0.29) is 73.3 Å². The van der Waals surface area contributed by atoms with Crippen molar-refractivity contribution in [3.63, 3.8) is 0 Å². The number of hydrogen-bond acceptors (Lipinski definition) is 11. The highest BCUT2D eigenvalue weighted by atomic mass is 16.6. The molecule has 3 N–H and O–H groups in total. The Kier molecular flexibility index (Phi) is 9.06. The first-order valence-corrected chi connectivity index (χ1v) is 16.0. The maximum atomic E-state index is 13.4. The van der Waals surface area contributed by atoms with Crippen LogP contribution in [-0.4, -0.2) is 71.4 Å². The minimum absolute atomic E-state index is 0.0255. The van der Waals surface area contributed by atoms with E-state index in [0.29, 0.717) is 48.1 Å². The lowest BCUT2D eigenvalue weighted by Gasteiger charge is -2.32. The number of nitrogens with zero attached hydrogens (tertiary/aromatic N) is 1. The molecule has 2 aromatic rings. The third-order valence-electron chi connectivity index (χ3n) is 9.13. The molecular weight excluding hydrogens is 606 g/mol. The molecule has 47 heavy (non-hydrogen) atoms. The highest BCUT2D eigenvalue weighted by molar-refractivity contribution is 6.11. The van der Waals surface area contributed by atoms with Crippen LogP contribution in [0.5, 0.6) is 17.2 Å². The van der Waals surface area contributed by atoms with Gasteiger partial charge in [0.2, 0.25) is 5.76 Å². The van der Waals surface area contributed by atoms with Gasteiger partial charge >= 0.3 is 5.97 Å². The monoisotopic (exact) mass is 645 g/mol. The van der Waals surface area contributed by atoms with Gasteiger partial charge < -0.3 is 34.3 Å². The van der Waals surface area contributed by atoms with Crippen molar-refractivity contribution >= 4 is 29.7 Å². The third kappa shape index (κ3) is 5.88. The van der Waals surface area contributed by atoms with Gasteiger partial charge in [-0.1, -0.05) is 17.7 Å². The Hall–Kier alpha value is -4.32. The highest BCUT2D eigenvalue weighted by Gasteiger charge is 2.45. The molecular formula is C36H39NO10. The van der Waals surface area contributed by atoms with Crippen molar-refractivity contribution in [1.29, 1.82) is 0 Å². The molecule has 0 spiro atoms. The predicted octanol–water partition coefficient (Wildman–Crippen LogP) is 2.13. The third-order valence-corrected chi connectivity index (χ3v) is 9.13. The van der Waals surface area contributed by atoms with Crippen molar-refractivity contribution in [3.05, 3.63) is 67.9 Å². The molecule has 0 amide bonds. The second-order valence-electron chi connectivity index (χ2n) is 12.6. The number of rotatable bonds is 10. The molecule has 0 unspecified atom stereocenters. The number of aliphatic hydroxyl groups is 3. The predicted molar refractivity (Wildman–Crippen MR) is 169 cm³/mol. The van der Waals surface area contributed by atoms with Gasteiger partial charge in [0.05, 0.1) is 54.0 Å². The van der Waals surface area contributed by atoms with Crippen LogP contribution in [0.3, 0.4) is 0 Å². The largest absolute Gasteiger partial charge is 0.492 e. The van der Waals surface area contributed by atoms with E-state index >= 15 is 0 Å².